The second-order valence-electron chi connectivity index (χ2n) is 5.37. The molecule has 0 aliphatic rings. The molecule has 0 aromatic heterocycles. The molecule has 3 aromatic carbocycles. The first kappa shape index (κ1) is 18.2. The molecule has 0 amide bonds. The molecule has 130 valence electrons. The maximum Gasteiger partial charge on any atom is 0.416 e. The van der Waals surface area contributed by atoms with Gasteiger partial charge in [0.1, 0.15) is 0 Å². The van der Waals surface area contributed by atoms with Crippen LogP contribution in [-0.2, 0) is 6.18 Å². The minimum absolute atomic E-state index is 0.125. The van der Waals surface area contributed by atoms with Crippen LogP contribution in [0.15, 0.2) is 72.8 Å². The Bertz CT molecular complexity index is 767. The number of alkyl halides is 3. The highest BCUT2D eigenvalue weighted by atomic mass is 19.4. The smallest absolute Gasteiger partial charge is 0.399 e. The fraction of sp³-hybridized carbons (Fsp3) is 0.0526. The number of hydrogen-bond donors (Lipinski definition) is 3. The summed E-state index contributed by atoms with van der Waals surface area (Å²) in [6, 6.07) is 20.2. The van der Waals surface area contributed by atoms with E-state index in [-0.39, 0.29) is 5.69 Å². The molecular formula is C19H18F3N3. The van der Waals surface area contributed by atoms with Crippen molar-refractivity contribution in [1.29, 1.82) is 0 Å². The molecule has 0 fully saturated rings. The highest BCUT2D eigenvalue weighted by Gasteiger charge is 2.30. The molecule has 0 unspecified atom stereocenters. The standard InChI is InChI=1S/C12H12N2.C7H6F3N/c13-11-5-1-9(2-6-11)10-3-7-12(14)8-4-10;8-7(9,10)5-2-1-3-6(11)4-5/h1-8H,13-14H2;1-4H,11H2. The number of rotatable bonds is 1. The van der Waals surface area contributed by atoms with Crippen molar-refractivity contribution in [3.05, 3.63) is 78.4 Å². The van der Waals surface area contributed by atoms with Crippen molar-refractivity contribution in [2.24, 2.45) is 0 Å². The van der Waals surface area contributed by atoms with Gasteiger partial charge in [-0.25, -0.2) is 0 Å². The third-order valence-electron chi connectivity index (χ3n) is 3.37. The molecule has 3 rings (SSSR count). The predicted octanol–water partition coefficient (Wildman–Crippen LogP) is 4.81. The lowest BCUT2D eigenvalue weighted by atomic mass is 10.1. The molecule has 0 saturated carbocycles. The van der Waals surface area contributed by atoms with Crippen LogP contribution in [0, 0.1) is 0 Å². The monoisotopic (exact) mass is 345 g/mol. The van der Waals surface area contributed by atoms with Gasteiger partial charge < -0.3 is 17.2 Å². The summed E-state index contributed by atoms with van der Waals surface area (Å²) in [7, 11) is 0. The molecule has 25 heavy (non-hydrogen) atoms. The lowest BCUT2D eigenvalue weighted by Gasteiger charge is -2.05. The fourth-order valence-electron chi connectivity index (χ4n) is 2.07. The molecule has 0 aliphatic carbocycles. The zero-order valence-corrected chi connectivity index (χ0v) is 13.3. The van der Waals surface area contributed by atoms with Gasteiger partial charge in [0.2, 0.25) is 0 Å². The first-order valence-electron chi connectivity index (χ1n) is 7.40. The summed E-state index contributed by atoms with van der Waals surface area (Å²) in [6.07, 6.45) is -4.30. The van der Waals surface area contributed by atoms with E-state index in [1.54, 1.807) is 0 Å². The Hall–Kier alpha value is -3.15. The maximum atomic E-state index is 11.9. The van der Waals surface area contributed by atoms with Gasteiger partial charge in [-0.2, -0.15) is 13.2 Å². The molecule has 0 bridgehead atoms. The van der Waals surface area contributed by atoms with Gasteiger partial charge in [-0.3, -0.25) is 0 Å². The highest BCUT2D eigenvalue weighted by Crippen LogP contribution is 2.29. The van der Waals surface area contributed by atoms with Crippen molar-refractivity contribution in [1.82, 2.24) is 0 Å². The Labute approximate surface area is 143 Å². The summed E-state index contributed by atoms with van der Waals surface area (Å²) in [4.78, 5) is 0. The van der Waals surface area contributed by atoms with Crippen molar-refractivity contribution in [2.75, 3.05) is 17.2 Å². The summed E-state index contributed by atoms with van der Waals surface area (Å²) in [5, 5.41) is 0. The number of halogens is 3. The predicted molar refractivity (Wildman–Crippen MR) is 96.6 cm³/mol. The molecule has 3 nitrogen and oxygen atoms in total. The van der Waals surface area contributed by atoms with Gasteiger partial charge in [-0.15, -0.1) is 0 Å². The molecule has 0 aliphatic heterocycles. The number of anilines is 3. The van der Waals surface area contributed by atoms with Crippen LogP contribution in [0.5, 0.6) is 0 Å². The van der Waals surface area contributed by atoms with E-state index in [1.807, 2.05) is 48.5 Å². The second-order valence-corrected chi connectivity index (χ2v) is 5.37. The van der Waals surface area contributed by atoms with E-state index in [0.717, 1.165) is 34.6 Å². The molecule has 0 atom stereocenters. The van der Waals surface area contributed by atoms with E-state index in [2.05, 4.69) is 0 Å². The molecule has 0 radical (unpaired) electrons. The molecule has 6 N–H and O–H groups in total. The summed E-state index contributed by atoms with van der Waals surface area (Å²) >= 11 is 0. The SMILES string of the molecule is Nc1ccc(-c2ccc(N)cc2)cc1.Nc1cccc(C(F)(F)F)c1. The average Bonchev–Trinajstić information content (AvgIpc) is 2.56. The number of hydrogen-bond acceptors (Lipinski definition) is 3. The van der Waals surface area contributed by atoms with Crippen LogP contribution < -0.4 is 17.2 Å². The highest BCUT2D eigenvalue weighted by molar-refractivity contribution is 5.67. The number of nitrogen functional groups attached to an aromatic ring is 3. The Morgan fingerprint density at radius 2 is 1.00 bits per heavy atom. The Morgan fingerprint density at radius 1 is 0.560 bits per heavy atom. The zero-order chi connectivity index (χ0) is 18.4. The average molecular weight is 345 g/mol. The fourth-order valence-corrected chi connectivity index (χ4v) is 2.07. The molecule has 0 spiro atoms. The van der Waals surface area contributed by atoms with E-state index in [9.17, 15) is 13.2 Å². The van der Waals surface area contributed by atoms with E-state index in [0.29, 0.717) is 0 Å². The minimum atomic E-state index is -4.30. The van der Waals surface area contributed by atoms with Crippen LogP contribution >= 0.6 is 0 Å². The molecule has 0 heterocycles. The molecule has 6 heteroatoms. The number of benzene rings is 3. The lowest BCUT2D eigenvalue weighted by molar-refractivity contribution is -0.137. The lowest BCUT2D eigenvalue weighted by Crippen LogP contribution is -2.04. The Kier molecular flexibility index (Phi) is 5.54. The molecular weight excluding hydrogens is 327 g/mol. The van der Waals surface area contributed by atoms with Crippen LogP contribution in [0.25, 0.3) is 11.1 Å². The first-order valence-corrected chi connectivity index (χ1v) is 7.40. The van der Waals surface area contributed by atoms with Crippen molar-refractivity contribution < 1.29 is 13.2 Å². The van der Waals surface area contributed by atoms with Crippen LogP contribution in [0.1, 0.15) is 5.56 Å². The second kappa shape index (κ2) is 7.61. The topological polar surface area (TPSA) is 78.1 Å². The van der Waals surface area contributed by atoms with Crippen LogP contribution in [-0.4, -0.2) is 0 Å². The van der Waals surface area contributed by atoms with Crippen molar-refractivity contribution in [3.63, 3.8) is 0 Å². The van der Waals surface area contributed by atoms with Gasteiger partial charge in [-0.1, -0.05) is 30.3 Å². The molecule has 0 saturated heterocycles. The van der Waals surface area contributed by atoms with Gasteiger partial charge in [0.05, 0.1) is 5.56 Å². The van der Waals surface area contributed by atoms with Gasteiger partial charge in [0.25, 0.3) is 0 Å². The van der Waals surface area contributed by atoms with E-state index in [1.165, 1.54) is 12.1 Å². The minimum Gasteiger partial charge on any atom is -0.399 e. The van der Waals surface area contributed by atoms with Crippen LogP contribution in [0.3, 0.4) is 0 Å². The number of nitrogens with two attached hydrogens (primary N) is 3. The van der Waals surface area contributed by atoms with Crippen molar-refractivity contribution in [2.45, 2.75) is 6.18 Å². The Morgan fingerprint density at radius 3 is 1.32 bits per heavy atom. The largest absolute Gasteiger partial charge is 0.416 e. The van der Waals surface area contributed by atoms with Crippen molar-refractivity contribution in [3.8, 4) is 11.1 Å². The summed E-state index contributed by atoms with van der Waals surface area (Å²) in [6.45, 7) is 0. The zero-order valence-electron chi connectivity index (χ0n) is 13.3. The molecule has 3 aromatic rings. The first-order chi connectivity index (χ1) is 11.8. The maximum absolute atomic E-state index is 11.9. The normalized spacial score (nSPS) is 10.7. The summed E-state index contributed by atoms with van der Waals surface area (Å²) in [5.74, 6) is 0. The Balaban J connectivity index is 0.000000186. The van der Waals surface area contributed by atoms with E-state index in [4.69, 9.17) is 17.2 Å². The van der Waals surface area contributed by atoms with Gasteiger partial charge in [0, 0.05) is 17.1 Å². The van der Waals surface area contributed by atoms with E-state index >= 15 is 0 Å². The third kappa shape index (κ3) is 5.46. The quantitative estimate of drug-likeness (QED) is 0.554. The summed E-state index contributed by atoms with van der Waals surface area (Å²) in [5.41, 5.74) is 19.7. The van der Waals surface area contributed by atoms with Crippen molar-refractivity contribution >= 4 is 17.1 Å². The van der Waals surface area contributed by atoms with E-state index < -0.39 is 11.7 Å². The van der Waals surface area contributed by atoms with Gasteiger partial charge >= 0.3 is 6.18 Å². The van der Waals surface area contributed by atoms with Gasteiger partial charge in [-0.05, 0) is 53.6 Å². The summed E-state index contributed by atoms with van der Waals surface area (Å²) < 4.78 is 35.7. The third-order valence-corrected chi connectivity index (χ3v) is 3.37. The van der Waals surface area contributed by atoms with Gasteiger partial charge in [0.15, 0.2) is 0 Å². The van der Waals surface area contributed by atoms with Crippen LogP contribution in [0.2, 0.25) is 0 Å². The van der Waals surface area contributed by atoms with Crippen LogP contribution in [0.4, 0.5) is 30.2 Å².